The molecule has 0 aliphatic carbocycles. The maximum absolute atomic E-state index is 4.36. The molecule has 3 heteroatoms. The normalized spacial score (nSPS) is 11.6. The molecule has 0 saturated heterocycles. The summed E-state index contributed by atoms with van der Waals surface area (Å²) in [5.74, 6) is 0. The Labute approximate surface area is 88.2 Å². The van der Waals surface area contributed by atoms with Gasteiger partial charge in [0.1, 0.15) is 0 Å². The topological polar surface area (TPSA) is 17.3 Å². The second-order valence-corrected chi connectivity index (χ2v) is 7.35. The van der Waals surface area contributed by atoms with Crippen LogP contribution in [0.15, 0.2) is 30.6 Å². The van der Waals surface area contributed by atoms with E-state index in [4.69, 9.17) is 0 Å². The molecule has 2 rings (SSSR count). The summed E-state index contributed by atoms with van der Waals surface area (Å²) in [7, 11) is 0. The van der Waals surface area contributed by atoms with Gasteiger partial charge in [0.25, 0.3) is 0 Å². The Morgan fingerprint density at radius 2 is 2.23 bits per heavy atom. The molecule has 2 heterocycles. The SMILES string of the molecule is CC(C)[I-]c1cnc2ccccn12. The minimum atomic E-state index is 0.103. The molecule has 0 saturated carbocycles. The van der Waals surface area contributed by atoms with Crippen LogP contribution >= 0.6 is 0 Å². The van der Waals surface area contributed by atoms with E-state index in [9.17, 15) is 0 Å². The predicted molar refractivity (Wildman–Crippen MR) is 49.0 cm³/mol. The van der Waals surface area contributed by atoms with Crippen molar-refractivity contribution in [1.82, 2.24) is 9.38 Å². The summed E-state index contributed by atoms with van der Waals surface area (Å²) in [6.07, 6.45) is 4.11. The van der Waals surface area contributed by atoms with Crippen molar-refractivity contribution < 1.29 is 21.2 Å². The number of hydrogen-bond acceptors (Lipinski definition) is 1. The van der Waals surface area contributed by atoms with Gasteiger partial charge in [0.2, 0.25) is 0 Å². The monoisotopic (exact) mass is 287 g/mol. The van der Waals surface area contributed by atoms with Crippen molar-refractivity contribution >= 4 is 5.65 Å². The number of pyridine rings is 1. The number of alkyl halides is 1. The molecule has 0 aromatic carbocycles. The van der Waals surface area contributed by atoms with E-state index < -0.39 is 0 Å². The summed E-state index contributed by atoms with van der Waals surface area (Å²) in [5, 5.41) is 0. The summed E-state index contributed by atoms with van der Waals surface area (Å²) in [5.41, 5.74) is 1.07. The zero-order chi connectivity index (χ0) is 9.26. The molecule has 2 nitrogen and oxygen atoms in total. The van der Waals surface area contributed by atoms with Crippen molar-refractivity contribution in [3.8, 4) is 0 Å². The predicted octanol–water partition coefficient (Wildman–Crippen LogP) is -0.999. The average molecular weight is 287 g/mol. The summed E-state index contributed by atoms with van der Waals surface area (Å²) < 4.78 is 4.40. The molecule has 13 heavy (non-hydrogen) atoms. The molecule has 2 aromatic rings. The quantitative estimate of drug-likeness (QED) is 0.512. The van der Waals surface area contributed by atoms with E-state index in [1.165, 1.54) is 3.70 Å². The van der Waals surface area contributed by atoms with Gasteiger partial charge in [-0.3, -0.25) is 0 Å². The summed E-state index contributed by atoms with van der Waals surface area (Å²) in [6.45, 7) is 4.55. The Balaban J connectivity index is 2.46. The molecule has 0 unspecified atom stereocenters. The van der Waals surface area contributed by atoms with Crippen LogP contribution in [0, 0.1) is 3.70 Å². The molecule has 0 N–H and O–H groups in total. The minimum absolute atomic E-state index is 0.103. The van der Waals surface area contributed by atoms with Crippen LogP contribution in [-0.4, -0.2) is 13.3 Å². The molecular formula is C10H12IN2-. The van der Waals surface area contributed by atoms with E-state index in [1.807, 2.05) is 18.3 Å². The summed E-state index contributed by atoms with van der Waals surface area (Å²) in [4.78, 5) is 4.36. The zero-order valence-corrected chi connectivity index (χ0v) is 9.89. The van der Waals surface area contributed by atoms with Gasteiger partial charge in [-0.1, -0.05) is 0 Å². The van der Waals surface area contributed by atoms with Crippen LogP contribution < -0.4 is 21.2 Å². The Hall–Kier alpha value is -0.580. The molecule has 2 aromatic heterocycles. The fourth-order valence-corrected chi connectivity index (χ4v) is 3.49. The second-order valence-electron chi connectivity index (χ2n) is 3.13. The fourth-order valence-electron chi connectivity index (χ4n) is 1.21. The molecule has 0 fully saturated rings. The van der Waals surface area contributed by atoms with Crippen LogP contribution in [0.5, 0.6) is 0 Å². The van der Waals surface area contributed by atoms with Crippen LogP contribution in [0.3, 0.4) is 0 Å². The molecule has 0 atom stereocenters. The first kappa shape index (κ1) is 8.99. The standard InChI is InChI=1S/C10H12IN2/c1-8(2)11-9-7-12-10-5-3-4-6-13(9)10/h3-8H,1-2H3/q-1. The van der Waals surface area contributed by atoms with Crippen LogP contribution in [0.1, 0.15) is 13.8 Å². The molecular weight excluding hydrogens is 275 g/mol. The van der Waals surface area contributed by atoms with Gasteiger partial charge < -0.3 is 0 Å². The molecule has 0 bridgehead atoms. The molecule has 0 amide bonds. The van der Waals surface area contributed by atoms with Gasteiger partial charge in [-0.2, -0.15) is 0 Å². The van der Waals surface area contributed by atoms with Crippen LogP contribution in [0.25, 0.3) is 5.65 Å². The van der Waals surface area contributed by atoms with E-state index >= 15 is 0 Å². The Morgan fingerprint density at radius 1 is 1.38 bits per heavy atom. The van der Waals surface area contributed by atoms with Crippen molar-refractivity contribution in [3.05, 3.63) is 34.3 Å². The fraction of sp³-hybridized carbons (Fsp3) is 0.300. The van der Waals surface area contributed by atoms with Crippen molar-refractivity contribution in [1.29, 1.82) is 0 Å². The summed E-state index contributed by atoms with van der Waals surface area (Å²) >= 11 is 0.103. The van der Waals surface area contributed by atoms with E-state index in [0.29, 0.717) is 0 Å². The zero-order valence-electron chi connectivity index (χ0n) is 7.74. The number of imidazole rings is 1. The first-order valence-electron chi connectivity index (χ1n) is 4.33. The third kappa shape index (κ3) is 1.85. The van der Waals surface area contributed by atoms with E-state index in [1.54, 1.807) is 0 Å². The van der Waals surface area contributed by atoms with Crippen LogP contribution in [0.2, 0.25) is 0 Å². The Morgan fingerprint density at radius 3 is 3.00 bits per heavy atom. The van der Waals surface area contributed by atoms with E-state index in [2.05, 4.69) is 35.5 Å². The second kappa shape index (κ2) is 3.65. The molecule has 0 spiro atoms. The van der Waals surface area contributed by atoms with Gasteiger partial charge in [-0.05, 0) is 0 Å². The number of hydrogen-bond donors (Lipinski definition) is 0. The van der Waals surface area contributed by atoms with Gasteiger partial charge in [0, 0.05) is 0 Å². The van der Waals surface area contributed by atoms with Gasteiger partial charge in [-0.25, -0.2) is 0 Å². The molecule has 0 aliphatic rings. The maximum atomic E-state index is 4.36. The van der Waals surface area contributed by atoms with E-state index in [-0.39, 0.29) is 21.2 Å². The van der Waals surface area contributed by atoms with Crippen molar-refractivity contribution in [2.45, 2.75) is 17.8 Å². The van der Waals surface area contributed by atoms with Crippen molar-refractivity contribution in [2.24, 2.45) is 0 Å². The van der Waals surface area contributed by atoms with Crippen molar-refractivity contribution in [2.75, 3.05) is 0 Å². The first-order chi connectivity index (χ1) is 6.27. The Kier molecular flexibility index (Phi) is 2.53. The van der Waals surface area contributed by atoms with Crippen molar-refractivity contribution in [3.63, 3.8) is 0 Å². The van der Waals surface area contributed by atoms with Gasteiger partial charge >= 0.3 is 88.3 Å². The van der Waals surface area contributed by atoms with E-state index in [0.717, 1.165) is 9.57 Å². The van der Waals surface area contributed by atoms with Gasteiger partial charge in [-0.15, -0.1) is 0 Å². The molecule has 0 aliphatic heterocycles. The van der Waals surface area contributed by atoms with Gasteiger partial charge in [0.05, 0.1) is 0 Å². The van der Waals surface area contributed by atoms with Gasteiger partial charge in [0.15, 0.2) is 0 Å². The number of nitrogens with zero attached hydrogens (tertiary/aromatic N) is 2. The molecule has 0 radical (unpaired) electrons. The summed E-state index contributed by atoms with van der Waals surface area (Å²) in [6, 6.07) is 6.13. The van der Waals surface area contributed by atoms with Crippen LogP contribution in [0.4, 0.5) is 0 Å². The number of aromatic nitrogens is 2. The average Bonchev–Trinajstić information content (AvgIpc) is 2.48. The van der Waals surface area contributed by atoms with Crippen LogP contribution in [-0.2, 0) is 0 Å². The number of halogens is 1. The third-order valence-corrected chi connectivity index (χ3v) is 4.38. The Bertz CT molecular complexity index is 406. The third-order valence-electron chi connectivity index (χ3n) is 1.70. The molecule has 70 valence electrons. The first-order valence-corrected chi connectivity index (χ1v) is 6.65. The number of fused-ring (bicyclic) bond motifs is 1. The number of rotatable bonds is 2.